The summed E-state index contributed by atoms with van der Waals surface area (Å²) in [6, 6.07) is 13.5. The summed E-state index contributed by atoms with van der Waals surface area (Å²) in [5.41, 5.74) is 4.65. The Morgan fingerprint density at radius 3 is 2.52 bits per heavy atom. The van der Waals surface area contributed by atoms with Crippen LogP contribution in [0.15, 0.2) is 48.7 Å². The Labute approximate surface area is 197 Å². The fraction of sp³-hybridized carbons (Fsp3) is 0.280. The second-order valence-electron chi connectivity index (χ2n) is 8.36. The van der Waals surface area contributed by atoms with Crippen LogP contribution < -0.4 is 4.90 Å². The standard InChI is InChI=1S/C25H25ClN6O/c1-16-15-19(25(33)31-13-11-30(12-14-31)22-9-4-5-10-27-22)23-18(3)29-32(24(23)28-16)21-8-6-7-20(26)17(21)2/h4-10,15H,11-14H2,1-3H3. The number of nitrogens with zero attached hydrogens (tertiary/aromatic N) is 6. The van der Waals surface area contributed by atoms with Gasteiger partial charge in [0.15, 0.2) is 5.65 Å². The van der Waals surface area contributed by atoms with Crippen molar-refractivity contribution in [3.05, 3.63) is 76.2 Å². The Hall–Kier alpha value is -3.45. The quantitative estimate of drug-likeness (QED) is 0.454. The molecule has 0 aliphatic carbocycles. The molecule has 0 atom stereocenters. The van der Waals surface area contributed by atoms with Crippen LogP contribution in [0.1, 0.15) is 27.3 Å². The Kier molecular flexibility index (Phi) is 5.50. The van der Waals surface area contributed by atoms with Crippen LogP contribution in [0.5, 0.6) is 0 Å². The van der Waals surface area contributed by atoms with Crippen molar-refractivity contribution >= 4 is 34.4 Å². The van der Waals surface area contributed by atoms with Gasteiger partial charge in [-0.05, 0) is 56.7 Å². The molecule has 1 aliphatic heterocycles. The SMILES string of the molecule is Cc1cc(C(=O)N2CCN(c3ccccn3)CC2)c2c(C)nn(-c3cccc(Cl)c3C)c2n1. The minimum atomic E-state index is 0.0108. The Morgan fingerprint density at radius 2 is 1.79 bits per heavy atom. The maximum absolute atomic E-state index is 13.6. The zero-order valence-corrected chi connectivity index (χ0v) is 19.7. The molecule has 1 amide bonds. The van der Waals surface area contributed by atoms with E-state index >= 15 is 0 Å². The van der Waals surface area contributed by atoms with Crippen LogP contribution in [0.2, 0.25) is 5.02 Å². The second kappa shape index (κ2) is 8.48. The van der Waals surface area contributed by atoms with E-state index in [-0.39, 0.29) is 5.91 Å². The van der Waals surface area contributed by atoms with Gasteiger partial charge in [0, 0.05) is 43.1 Å². The fourth-order valence-corrected chi connectivity index (χ4v) is 4.60. The summed E-state index contributed by atoms with van der Waals surface area (Å²) in [6.07, 6.45) is 1.80. The van der Waals surface area contributed by atoms with Crippen LogP contribution in [-0.4, -0.2) is 56.7 Å². The van der Waals surface area contributed by atoms with E-state index in [9.17, 15) is 4.79 Å². The average molecular weight is 461 g/mol. The highest BCUT2D eigenvalue weighted by atomic mass is 35.5. The molecule has 5 rings (SSSR count). The molecule has 0 spiro atoms. The first-order valence-electron chi connectivity index (χ1n) is 11.0. The van der Waals surface area contributed by atoms with E-state index in [4.69, 9.17) is 21.7 Å². The van der Waals surface area contributed by atoms with Crippen molar-refractivity contribution in [1.82, 2.24) is 24.6 Å². The Morgan fingerprint density at radius 1 is 1.00 bits per heavy atom. The summed E-state index contributed by atoms with van der Waals surface area (Å²) >= 11 is 6.36. The first kappa shape index (κ1) is 21.4. The average Bonchev–Trinajstić information content (AvgIpc) is 3.16. The number of hydrogen-bond acceptors (Lipinski definition) is 5. The predicted octanol–water partition coefficient (Wildman–Crippen LogP) is 4.36. The van der Waals surface area contributed by atoms with E-state index in [1.807, 2.05) is 68.1 Å². The summed E-state index contributed by atoms with van der Waals surface area (Å²) < 4.78 is 1.80. The summed E-state index contributed by atoms with van der Waals surface area (Å²) in [4.78, 5) is 26.9. The molecule has 0 bridgehead atoms. The molecule has 0 N–H and O–H groups in total. The molecule has 1 fully saturated rings. The minimum Gasteiger partial charge on any atom is -0.353 e. The normalized spacial score (nSPS) is 14.2. The van der Waals surface area contributed by atoms with Crippen LogP contribution >= 0.6 is 11.6 Å². The van der Waals surface area contributed by atoms with Crippen LogP contribution in [0, 0.1) is 20.8 Å². The molecule has 4 heterocycles. The highest BCUT2D eigenvalue weighted by Crippen LogP contribution is 2.29. The molecule has 0 saturated carbocycles. The molecule has 1 saturated heterocycles. The number of anilines is 1. The molecule has 168 valence electrons. The highest BCUT2D eigenvalue weighted by Gasteiger charge is 2.27. The lowest BCUT2D eigenvalue weighted by Crippen LogP contribution is -2.49. The van der Waals surface area contributed by atoms with Gasteiger partial charge in [0.05, 0.1) is 22.3 Å². The number of fused-ring (bicyclic) bond motifs is 1. The lowest BCUT2D eigenvalue weighted by atomic mass is 10.1. The summed E-state index contributed by atoms with van der Waals surface area (Å²) in [6.45, 7) is 8.56. The van der Waals surface area contributed by atoms with Gasteiger partial charge in [-0.2, -0.15) is 5.10 Å². The third-order valence-electron chi connectivity index (χ3n) is 6.18. The van der Waals surface area contributed by atoms with Crippen LogP contribution in [0.3, 0.4) is 0 Å². The first-order chi connectivity index (χ1) is 15.9. The van der Waals surface area contributed by atoms with E-state index in [1.165, 1.54) is 0 Å². The van der Waals surface area contributed by atoms with Gasteiger partial charge >= 0.3 is 0 Å². The molecule has 1 aromatic carbocycles. The molecule has 0 unspecified atom stereocenters. The highest BCUT2D eigenvalue weighted by molar-refractivity contribution is 6.31. The van der Waals surface area contributed by atoms with E-state index < -0.39 is 0 Å². The lowest BCUT2D eigenvalue weighted by Gasteiger charge is -2.35. The Bertz CT molecular complexity index is 1340. The van der Waals surface area contributed by atoms with Crippen LogP contribution in [0.25, 0.3) is 16.7 Å². The number of benzene rings is 1. The number of carbonyl (C=O) groups excluding carboxylic acids is 1. The molecule has 3 aromatic heterocycles. The van der Waals surface area contributed by atoms with E-state index in [1.54, 1.807) is 10.9 Å². The molecular formula is C25H25ClN6O. The molecular weight excluding hydrogens is 436 g/mol. The summed E-state index contributed by atoms with van der Waals surface area (Å²) in [5.74, 6) is 0.956. The molecule has 1 aliphatic rings. The van der Waals surface area contributed by atoms with E-state index in [2.05, 4.69) is 9.88 Å². The van der Waals surface area contributed by atoms with Gasteiger partial charge in [0.2, 0.25) is 0 Å². The minimum absolute atomic E-state index is 0.0108. The fourth-order valence-electron chi connectivity index (χ4n) is 4.43. The van der Waals surface area contributed by atoms with Crippen molar-refractivity contribution in [3.63, 3.8) is 0 Å². The van der Waals surface area contributed by atoms with Gasteiger partial charge in [-0.15, -0.1) is 0 Å². The number of hydrogen-bond donors (Lipinski definition) is 0. The number of aromatic nitrogens is 4. The lowest BCUT2D eigenvalue weighted by molar-refractivity contribution is 0.0748. The van der Waals surface area contributed by atoms with Gasteiger partial charge in [-0.3, -0.25) is 4.79 Å². The van der Waals surface area contributed by atoms with Crippen molar-refractivity contribution in [1.29, 1.82) is 0 Å². The van der Waals surface area contributed by atoms with Gasteiger partial charge in [0.25, 0.3) is 5.91 Å². The number of carbonyl (C=O) groups is 1. The summed E-state index contributed by atoms with van der Waals surface area (Å²) in [5, 5.41) is 6.21. The Balaban J connectivity index is 1.50. The maximum Gasteiger partial charge on any atom is 0.254 e. The topological polar surface area (TPSA) is 67.2 Å². The maximum atomic E-state index is 13.6. The number of aryl methyl sites for hydroxylation is 2. The number of piperazine rings is 1. The second-order valence-corrected chi connectivity index (χ2v) is 8.77. The smallest absolute Gasteiger partial charge is 0.254 e. The first-order valence-corrected chi connectivity index (χ1v) is 11.4. The van der Waals surface area contributed by atoms with Crippen LogP contribution in [-0.2, 0) is 0 Å². The number of amides is 1. The van der Waals surface area contributed by atoms with Crippen molar-refractivity contribution < 1.29 is 4.79 Å². The third kappa shape index (κ3) is 3.82. The van der Waals surface area contributed by atoms with E-state index in [0.717, 1.165) is 46.9 Å². The van der Waals surface area contributed by atoms with Crippen molar-refractivity contribution in [3.8, 4) is 5.69 Å². The van der Waals surface area contributed by atoms with Gasteiger partial charge in [-0.1, -0.05) is 23.7 Å². The van der Waals surface area contributed by atoms with Crippen molar-refractivity contribution in [2.75, 3.05) is 31.1 Å². The van der Waals surface area contributed by atoms with Gasteiger partial charge in [-0.25, -0.2) is 14.6 Å². The molecule has 8 heteroatoms. The number of halogens is 1. The predicted molar refractivity (Wildman–Crippen MR) is 130 cm³/mol. The van der Waals surface area contributed by atoms with Crippen LogP contribution in [0.4, 0.5) is 5.82 Å². The monoisotopic (exact) mass is 460 g/mol. The molecule has 0 radical (unpaired) electrons. The number of rotatable bonds is 3. The van der Waals surface area contributed by atoms with Gasteiger partial charge in [0.1, 0.15) is 5.82 Å². The number of pyridine rings is 2. The van der Waals surface area contributed by atoms with Gasteiger partial charge < -0.3 is 9.80 Å². The zero-order chi connectivity index (χ0) is 23.1. The summed E-state index contributed by atoms with van der Waals surface area (Å²) in [7, 11) is 0. The largest absolute Gasteiger partial charge is 0.353 e. The van der Waals surface area contributed by atoms with Crippen molar-refractivity contribution in [2.24, 2.45) is 0 Å². The zero-order valence-electron chi connectivity index (χ0n) is 18.9. The van der Waals surface area contributed by atoms with E-state index in [0.29, 0.717) is 29.3 Å². The molecule has 4 aromatic rings. The third-order valence-corrected chi connectivity index (χ3v) is 6.59. The van der Waals surface area contributed by atoms with Crippen molar-refractivity contribution in [2.45, 2.75) is 20.8 Å². The molecule has 7 nitrogen and oxygen atoms in total. The molecule has 33 heavy (non-hydrogen) atoms.